The van der Waals surface area contributed by atoms with Crippen LogP contribution in [0.15, 0.2) is 5.11 Å². The standard InChI is InChI=1S/C5H7Cl2N3O2/c1-2-12-5(11)3(4(6)7)9-10-8/h3-4H,2H2,1H3. The average molecular weight is 212 g/mol. The van der Waals surface area contributed by atoms with Crippen molar-refractivity contribution in [1.29, 1.82) is 0 Å². The van der Waals surface area contributed by atoms with Crippen LogP contribution in [0.2, 0.25) is 0 Å². The lowest BCUT2D eigenvalue weighted by Gasteiger charge is -2.09. The topological polar surface area (TPSA) is 75.1 Å². The molecule has 0 aliphatic heterocycles. The first-order valence-corrected chi connectivity index (χ1v) is 3.99. The fourth-order valence-corrected chi connectivity index (χ4v) is 0.790. The Morgan fingerprint density at radius 1 is 1.75 bits per heavy atom. The van der Waals surface area contributed by atoms with Gasteiger partial charge in [0.2, 0.25) is 0 Å². The fraction of sp³-hybridized carbons (Fsp3) is 0.800. The predicted molar refractivity (Wildman–Crippen MR) is 45.1 cm³/mol. The maximum absolute atomic E-state index is 10.9. The van der Waals surface area contributed by atoms with Gasteiger partial charge in [-0.2, -0.15) is 0 Å². The molecule has 1 atom stereocenters. The van der Waals surface area contributed by atoms with Crippen molar-refractivity contribution in [3.63, 3.8) is 0 Å². The van der Waals surface area contributed by atoms with Crippen molar-refractivity contribution in [3.05, 3.63) is 10.4 Å². The van der Waals surface area contributed by atoms with Gasteiger partial charge in [-0.1, -0.05) is 5.11 Å². The summed E-state index contributed by atoms with van der Waals surface area (Å²) >= 11 is 10.7. The van der Waals surface area contributed by atoms with E-state index in [9.17, 15) is 4.79 Å². The molecular formula is C5H7Cl2N3O2. The Kier molecular flexibility index (Phi) is 5.62. The van der Waals surface area contributed by atoms with Gasteiger partial charge in [0, 0.05) is 4.91 Å². The van der Waals surface area contributed by atoms with Gasteiger partial charge in [-0.05, 0) is 12.5 Å². The van der Waals surface area contributed by atoms with Gasteiger partial charge in [-0.25, -0.2) is 0 Å². The lowest BCUT2D eigenvalue weighted by Crippen LogP contribution is -2.26. The number of nitrogens with zero attached hydrogens (tertiary/aromatic N) is 3. The van der Waals surface area contributed by atoms with E-state index in [2.05, 4.69) is 14.8 Å². The van der Waals surface area contributed by atoms with Crippen LogP contribution >= 0.6 is 23.2 Å². The summed E-state index contributed by atoms with van der Waals surface area (Å²) < 4.78 is 4.55. The fourth-order valence-electron chi connectivity index (χ4n) is 0.484. The van der Waals surface area contributed by atoms with Crippen molar-refractivity contribution in [2.24, 2.45) is 5.11 Å². The second-order valence-corrected chi connectivity index (χ2v) is 2.90. The molecule has 0 bridgehead atoms. The summed E-state index contributed by atoms with van der Waals surface area (Å²) in [6.07, 6.45) is 0. The molecule has 0 radical (unpaired) electrons. The molecule has 0 aliphatic carbocycles. The number of hydrogen-bond donors (Lipinski definition) is 0. The number of rotatable bonds is 4. The third-order valence-electron chi connectivity index (χ3n) is 0.943. The van der Waals surface area contributed by atoms with Gasteiger partial charge in [0.15, 0.2) is 6.04 Å². The molecule has 1 unspecified atom stereocenters. The Bertz CT molecular complexity index is 203. The lowest BCUT2D eigenvalue weighted by molar-refractivity contribution is -0.144. The van der Waals surface area contributed by atoms with E-state index in [0.29, 0.717) is 0 Å². The SMILES string of the molecule is CCOC(=O)C(N=[N+]=[N-])C(Cl)Cl. The van der Waals surface area contributed by atoms with Crippen LogP contribution in [0.25, 0.3) is 10.4 Å². The summed E-state index contributed by atoms with van der Waals surface area (Å²) in [5.74, 6) is -0.717. The van der Waals surface area contributed by atoms with Crippen molar-refractivity contribution < 1.29 is 9.53 Å². The van der Waals surface area contributed by atoms with Crippen LogP contribution in [-0.2, 0) is 9.53 Å². The zero-order valence-electron chi connectivity index (χ0n) is 6.28. The molecule has 0 rings (SSSR count). The number of alkyl halides is 2. The Morgan fingerprint density at radius 2 is 2.33 bits per heavy atom. The first kappa shape index (κ1) is 11.4. The summed E-state index contributed by atoms with van der Waals surface area (Å²) in [5.41, 5.74) is 8.04. The molecule has 0 aliphatic rings. The minimum atomic E-state index is -1.17. The van der Waals surface area contributed by atoms with Crippen molar-refractivity contribution in [2.45, 2.75) is 17.8 Å². The van der Waals surface area contributed by atoms with Gasteiger partial charge >= 0.3 is 5.97 Å². The van der Waals surface area contributed by atoms with Crippen LogP contribution in [0.5, 0.6) is 0 Å². The van der Waals surface area contributed by atoms with Crippen LogP contribution in [0.4, 0.5) is 0 Å². The van der Waals surface area contributed by atoms with Gasteiger partial charge in [0.1, 0.15) is 4.84 Å². The van der Waals surface area contributed by atoms with E-state index in [4.69, 9.17) is 28.7 Å². The van der Waals surface area contributed by atoms with E-state index in [1.165, 1.54) is 0 Å². The monoisotopic (exact) mass is 211 g/mol. The Morgan fingerprint density at radius 3 is 2.67 bits per heavy atom. The third-order valence-corrected chi connectivity index (χ3v) is 1.42. The number of azide groups is 1. The Balaban J connectivity index is 4.29. The quantitative estimate of drug-likeness (QED) is 0.235. The molecule has 0 aromatic heterocycles. The Hall–Kier alpha value is -0.640. The minimum absolute atomic E-state index is 0.191. The van der Waals surface area contributed by atoms with E-state index in [1.807, 2.05) is 0 Å². The molecule has 0 N–H and O–H groups in total. The highest BCUT2D eigenvalue weighted by atomic mass is 35.5. The van der Waals surface area contributed by atoms with Crippen molar-refractivity contribution in [2.75, 3.05) is 6.61 Å². The van der Waals surface area contributed by atoms with Crippen LogP contribution in [0.1, 0.15) is 6.92 Å². The largest absolute Gasteiger partial charge is 0.466 e. The molecule has 0 aromatic rings. The number of ether oxygens (including phenoxy) is 1. The van der Waals surface area contributed by atoms with E-state index >= 15 is 0 Å². The number of halogens is 2. The summed E-state index contributed by atoms with van der Waals surface area (Å²) in [6, 6.07) is -1.17. The molecule has 0 saturated carbocycles. The molecule has 5 nitrogen and oxygen atoms in total. The summed E-state index contributed by atoms with van der Waals surface area (Å²) in [4.78, 5) is 12.3. The number of esters is 1. The predicted octanol–water partition coefficient (Wildman–Crippen LogP) is 2.03. The molecule has 0 spiro atoms. The zero-order valence-corrected chi connectivity index (χ0v) is 7.79. The van der Waals surface area contributed by atoms with Gasteiger partial charge in [-0.15, -0.1) is 23.2 Å². The van der Waals surface area contributed by atoms with Crippen molar-refractivity contribution in [3.8, 4) is 0 Å². The molecule has 12 heavy (non-hydrogen) atoms. The Labute approximate surface area is 79.2 Å². The molecule has 0 aromatic carbocycles. The van der Waals surface area contributed by atoms with Gasteiger partial charge < -0.3 is 4.74 Å². The molecule has 0 fully saturated rings. The highest BCUT2D eigenvalue weighted by molar-refractivity contribution is 6.45. The van der Waals surface area contributed by atoms with E-state index in [0.717, 1.165) is 0 Å². The van der Waals surface area contributed by atoms with Crippen LogP contribution < -0.4 is 0 Å². The second-order valence-electron chi connectivity index (χ2n) is 1.74. The van der Waals surface area contributed by atoms with Gasteiger partial charge in [-0.3, -0.25) is 4.79 Å². The smallest absolute Gasteiger partial charge is 0.317 e. The molecule has 0 saturated heterocycles. The third kappa shape index (κ3) is 3.67. The molecule has 7 heteroatoms. The highest BCUT2D eigenvalue weighted by Crippen LogP contribution is 2.13. The first-order chi connectivity index (χ1) is 5.63. The molecule has 68 valence electrons. The second kappa shape index (κ2) is 5.94. The normalized spacial score (nSPS) is 12.0. The lowest BCUT2D eigenvalue weighted by atomic mass is 10.4. The van der Waals surface area contributed by atoms with Crippen molar-refractivity contribution in [1.82, 2.24) is 0 Å². The van der Waals surface area contributed by atoms with Crippen LogP contribution in [-0.4, -0.2) is 23.5 Å². The minimum Gasteiger partial charge on any atom is -0.466 e. The maximum atomic E-state index is 10.9. The summed E-state index contributed by atoms with van der Waals surface area (Å²) in [6.45, 7) is 1.82. The van der Waals surface area contributed by atoms with Crippen LogP contribution in [0, 0.1) is 0 Å². The van der Waals surface area contributed by atoms with E-state index in [1.54, 1.807) is 6.92 Å². The number of carbonyl (C=O) groups is 1. The number of hydrogen-bond acceptors (Lipinski definition) is 3. The van der Waals surface area contributed by atoms with Crippen LogP contribution in [0.3, 0.4) is 0 Å². The first-order valence-electron chi connectivity index (χ1n) is 3.12. The summed E-state index contributed by atoms with van der Waals surface area (Å²) in [5, 5.41) is 3.08. The van der Waals surface area contributed by atoms with Gasteiger partial charge in [0.05, 0.1) is 6.61 Å². The average Bonchev–Trinajstić information content (AvgIpc) is 1.99. The van der Waals surface area contributed by atoms with E-state index < -0.39 is 16.8 Å². The molecular weight excluding hydrogens is 205 g/mol. The zero-order chi connectivity index (χ0) is 9.56. The number of carbonyl (C=O) groups excluding carboxylic acids is 1. The van der Waals surface area contributed by atoms with E-state index in [-0.39, 0.29) is 6.61 Å². The summed E-state index contributed by atoms with van der Waals surface area (Å²) in [7, 11) is 0. The van der Waals surface area contributed by atoms with Gasteiger partial charge in [0.25, 0.3) is 0 Å². The molecule has 0 amide bonds. The molecule has 0 heterocycles. The van der Waals surface area contributed by atoms with Crippen molar-refractivity contribution >= 4 is 29.2 Å². The maximum Gasteiger partial charge on any atom is 0.317 e. The highest BCUT2D eigenvalue weighted by Gasteiger charge is 2.25.